The Kier molecular flexibility index (Phi) is 24.9. The van der Waals surface area contributed by atoms with Crippen molar-refractivity contribution in [3.8, 4) is 0 Å². The predicted octanol–water partition coefficient (Wildman–Crippen LogP) is 23.0. The normalized spacial score (nSPS) is 18.1. The summed E-state index contributed by atoms with van der Waals surface area (Å²) in [4.78, 5) is 0. The van der Waals surface area contributed by atoms with Gasteiger partial charge in [-0.3, -0.25) is 4.11 Å². The molecule has 0 N–H and O–H groups in total. The fourth-order valence-corrected chi connectivity index (χ4v) is 19.1. The van der Waals surface area contributed by atoms with Crippen molar-refractivity contribution >= 4 is 25.9 Å². The molecule has 0 fully saturated rings. The molecule has 0 saturated carbocycles. The highest BCUT2D eigenvalue weighted by atomic mass is 28.5. The van der Waals surface area contributed by atoms with E-state index in [0.717, 1.165) is 0 Å². The lowest BCUT2D eigenvalue weighted by Crippen LogP contribution is -2.94. The molecule has 0 aromatic rings. The number of hydrogen-bond acceptors (Lipinski definition) is 2. The summed E-state index contributed by atoms with van der Waals surface area (Å²) in [5.74, 6) is -246. The number of alkyl halides is 72. The zero-order valence-electron chi connectivity index (χ0n) is 46.8. The molecule has 112 heavy (non-hydrogen) atoms. The minimum Gasteiger partial charge on any atom is -0.395 e. The third kappa shape index (κ3) is 12.4. The lowest BCUT2D eigenvalue weighted by atomic mass is 9.97. The van der Waals surface area contributed by atoms with E-state index >= 15 is 131 Å². The largest absolute Gasteiger partial charge is 0.601 e. The molecule has 0 amide bonds. The van der Waals surface area contributed by atoms with Crippen molar-refractivity contribution in [2.45, 2.75) is 195 Å². The molecule has 0 aromatic carbocycles. The van der Waals surface area contributed by atoms with Crippen LogP contribution in [0.3, 0.4) is 0 Å². The average Bonchev–Trinajstić information content (AvgIpc) is 0.658. The van der Waals surface area contributed by atoms with Gasteiger partial charge in [-0.25, -0.2) is 30.5 Å². The minimum atomic E-state index is -18.1. The zero-order chi connectivity index (χ0) is 93.4. The van der Waals surface area contributed by atoms with Crippen LogP contribution in [-0.4, -0.2) is 221 Å². The first kappa shape index (κ1) is 107. The topological polar surface area (TPSA) is 18.5 Å². The van der Waals surface area contributed by atoms with E-state index in [4.69, 9.17) is 0 Å². The number of hydrogen-bond donors (Lipinski definition) is 0. The minimum absolute atomic E-state index is 0.627. The van der Waals surface area contributed by atoms with E-state index in [1.165, 1.54) is 0 Å². The summed E-state index contributed by atoms with van der Waals surface area (Å²) in [7, 11) is -51.2. The number of rotatable bonds is 31. The highest BCUT2D eigenvalue weighted by molar-refractivity contribution is 6.91. The first-order chi connectivity index (χ1) is 46.7. The molecule has 0 aliphatic carbocycles. The molecule has 0 aliphatic heterocycles. The third-order valence-electron chi connectivity index (χ3n) is 13.5. The van der Waals surface area contributed by atoms with Gasteiger partial charge in [0.1, 0.15) is 0 Å². The fraction of sp³-hybridized carbons (Fsp3) is 1.00. The molecule has 1 unspecified atom stereocenters. The highest BCUT2D eigenvalue weighted by Crippen LogP contribution is 2.76. The van der Waals surface area contributed by atoms with E-state index in [9.17, 15) is 193 Å². The Morgan fingerprint density at radius 3 is 0.357 bits per heavy atom. The predicted molar refractivity (Wildman–Crippen MR) is 192 cm³/mol. The Balaban J connectivity index is 13.3. The molecule has 0 saturated heterocycles. The Labute approximate surface area is 554 Å². The van der Waals surface area contributed by atoms with Gasteiger partial charge in [0.25, 0.3) is 0 Å². The van der Waals surface area contributed by atoms with Crippen LogP contribution in [0.4, 0.5) is 324 Å². The SMILES string of the molecule is FC(F)(F)C(F)(F)C(F)(F)C(F)(F)C(F)(F)C(F)(F)[Si](F)(O[Si](F)(O[Si](C(F)(F)C(F)(F)C(F)(F)C(F)(F)C(F)(F)C(F)(F)F)(C(F)(F)C(F)(F)C(F)(F)C(F)(F)C(F)(F)C(F)(F)F)C(F)(F)C(F)(F)C(F)(F)C(F)(F)C(F)(F)C(F)(F)F)C(F)(F)C(F)(F)C(F)(F)F)C(F)(F)C(F)(F)C(F)(F)C(F)(F)C(F)(F)C(F)(F)F. The second kappa shape index (κ2) is 26.0. The Bertz CT molecular complexity index is 3090. The van der Waals surface area contributed by atoms with Crippen LogP contribution in [0.15, 0.2) is 0 Å². The van der Waals surface area contributed by atoms with Crippen LogP contribution in [0, 0.1) is 0 Å². The van der Waals surface area contributed by atoms with Crippen molar-refractivity contribution in [3.05, 3.63) is 0 Å². The van der Waals surface area contributed by atoms with E-state index in [-0.39, 0.29) is 0 Å². The van der Waals surface area contributed by atoms with E-state index < -0.39 is 229 Å². The first-order valence-electron chi connectivity index (χ1n) is 23.1. The molecule has 1 atom stereocenters. The maximum atomic E-state index is 17.4. The van der Waals surface area contributed by atoms with Crippen molar-refractivity contribution in [2.75, 3.05) is 0 Å². The highest BCUT2D eigenvalue weighted by Gasteiger charge is 3.12. The van der Waals surface area contributed by atoms with Crippen molar-refractivity contribution in [1.82, 2.24) is 0 Å². The van der Waals surface area contributed by atoms with Gasteiger partial charge >= 0.3 is 221 Å². The summed E-state index contributed by atoms with van der Waals surface area (Å²) in [6, 6.07) is 0. The van der Waals surface area contributed by atoms with Crippen molar-refractivity contribution in [3.63, 3.8) is 0 Å². The van der Waals surface area contributed by atoms with Gasteiger partial charge in [-0.05, 0) is 0 Å². The molecule has 674 valence electrons. The smallest absolute Gasteiger partial charge is 0.395 e. The van der Waals surface area contributed by atoms with Crippen LogP contribution >= 0.6 is 0 Å². The van der Waals surface area contributed by atoms with Gasteiger partial charge in [0.05, 0.1) is 0 Å². The summed E-state index contributed by atoms with van der Waals surface area (Å²) in [5.41, 5.74) is -80.7. The van der Waals surface area contributed by atoms with Gasteiger partial charge in [-0.1, -0.05) is 0 Å². The zero-order valence-corrected chi connectivity index (χ0v) is 49.8. The number of halogens is 74. The summed E-state index contributed by atoms with van der Waals surface area (Å²) in [6.07, 6.45) is -60.1. The molecule has 79 heteroatoms. The van der Waals surface area contributed by atoms with E-state index in [1.54, 1.807) is 0 Å². The van der Waals surface area contributed by atoms with Crippen LogP contribution in [0.5, 0.6) is 0 Å². The van der Waals surface area contributed by atoms with E-state index in [1.807, 2.05) is 0 Å². The molecule has 0 bridgehead atoms. The second-order valence-corrected chi connectivity index (χ2v) is 29.5. The first-order valence-corrected chi connectivity index (χ1v) is 28.4. The fourth-order valence-electron chi connectivity index (χ4n) is 6.92. The van der Waals surface area contributed by atoms with Gasteiger partial charge in [0, 0.05) is 0 Å². The van der Waals surface area contributed by atoms with Crippen LogP contribution in [-0.2, 0) is 8.23 Å². The van der Waals surface area contributed by atoms with Gasteiger partial charge in [-0.2, -0.15) is 290 Å². The summed E-state index contributed by atoms with van der Waals surface area (Å²) in [6.45, 7) is 0. The quantitative estimate of drug-likeness (QED) is 0.0391. The summed E-state index contributed by atoms with van der Waals surface area (Å²) in [5, 5.41) is 0. The second-order valence-electron chi connectivity index (χ2n) is 20.5. The molecule has 0 radical (unpaired) electrons. The Morgan fingerprint density at radius 1 is 0.116 bits per heavy atom. The molecular formula is C33F74O2Si3. The maximum absolute atomic E-state index is 18.1. The molecule has 0 rings (SSSR count). The lowest BCUT2D eigenvalue weighted by Gasteiger charge is -2.56. The molecule has 0 spiro atoms. The van der Waals surface area contributed by atoms with Crippen LogP contribution in [0.1, 0.15) is 0 Å². The summed E-state index contributed by atoms with van der Waals surface area (Å²) >= 11 is 0. The maximum Gasteiger partial charge on any atom is 0.601 e. The van der Waals surface area contributed by atoms with Crippen LogP contribution < -0.4 is 0 Å². The van der Waals surface area contributed by atoms with Crippen molar-refractivity contribution < 1.29 is 333 Å². The summed E-state index contributed by atoms with van der Waals surface area (Å²) < 4.78 is 1080. The van der Waals surface area contributed by atoms with E-state index in [0.29, 0.717) is 0 Å². The Hall–Kier alpha value is -4.61. The van der Waals surface area contributed by atoms with Gasteiger partial charge in [0.15, 0.2) is 0 Å². The third-order valence-corrected chi connectivity index (χ3v) is 24.8. The molecule has 0 aliphatic rings. The van der Waals surface area contributed by atoms with Gasteiger partial charge in [0.2, 0.25) is 0 Å². The monoisotopic (exact) mass is 1920 g/mol. The van der Waals surface area contributed by atoms with Crippen molar-refractivity contribution in [1.29, 1.82) is 0 Å². The van der Waals surface area contributed by atoms with Crippen LogP contribution in [0.2, 0.25) is 0 Å². The molecular weight excluding hydrogens is 1920 g/mol. The molecule has 0 aromatic heterocycles. The van der Waals surface area contributed by atoms with Gasteiger partial charge < -0.3 is 8.23 Å². The van der Waals surface area contributed by atoms with Crippen LogP contribution in [0.25, 0.3) is 0 Å². The average molecular weight is 1920 g/mol. The van der Waals surface area contributed by atoms with Gasteiger partial charge in [-0.15, -0.1) is 0 Å². The molecule has 2 nitrogen and oxygen atoms in total. The standard InChI is InChI=1S/C33F74O2Si3/c34-1(35,11(54,55)22(76,77)78)6(44,45)16(64,65)28(94,95)110(29(96,97)17(66,67)7(46,47)2(36,37)12(56,57)23(79,80)81,30(98,99)18(68,69)8(48,49)3(38,39)13(58,59)24(82,83)84)108-112(107,33(104,105)21(74,75)27(91,92)93)109-111(106,31(100,101)19(70,71)9(50,51)4(40,41)14(60,61)25(85,86)87)32(102,103)20(72,73)10(52,53)5(42,43)15(62,63)26(88,89)90. The Morgan fingerprint density at radius 2 is 0.232 bits per heavy atom. The van der Waals surface area contributed by atoms with E-state index in [2.05, 4.69) is 0 Å². The van der Waals surface area contributed by atoms with Crippen molar-refractivity contribution in [2.24, 2.45) is 0 Å². The lowest BCUT2D eigenvalue weighted by molar-refractivity contribution is -0.446. The molecule has 0 heterocycles.